The Morgan fingerprint density at radius 2 is 2.16 bits per heavy atom. The summed E-state index contributed by atoms with van der Waals surface area (Å²) in [5, 5.41) is 0. The molecule has 134 valence electrons. The van der Waals surface area contributed by atoms with Crippen molar-refractivity contribution in [2.24, 2.45) is 11.8 Å². The molecule has 0 aromatic heterocycles. The minimum Gasteiger partial charge on any atom is -0.493 e. The predicted octanol–water partition coefficient (Wildman–Crippen LogP) is 3.48. The molecule has 0 N–H and O–H groups in total. The number of piperidine rings is 1. The van der Waals surface area contributed by atoms with Crippen molar-refractivity contribution in [1.82, 2.24) is 4.90 Å². The summed E-state index contributed by atoms with van der Waals surface area (Å²) in [6, 6.07) is 4.81. The van der Waals surface area contributed by atoms with Gasteiger partial charge in [0.2, 0.25) is 0 Å². The molecule has 3 aliphatic carbocycles. The largest absolute Gasteiger partial charge is 0.493 e. The number of benzene rings is 1. The van der Waals surface area contributed by atoms with Crippen LogP contribution < -0.4 is 9.47 Å². The monoisotopic (exact) mass is 343 g/mol. The molecule has 3 fully saturated rings. The molecule has 4 heteroatoms. The van der Waals surface area contributed by atoms with Gasteiger partial charge >= 0.3 is 0 Å². The number of alkyl halides is 1. The first-order valence-electron chi connectivity index (χ1n) is 9.97. The number of ether oxygens (including phenoxy) is 2. The number of hydrogen-bond donors (Lipinski definition) is 0. The van der Waals surface area contributed by atoms with E-state index in [0.717, 1.165) is 43.2 Å². The lowest BCUT2D eigenvalue weighted by molar-refractivity contribution is -0.0833. The van der Waals surface area contributed by atoms with Crippen LogP contribution in [0.2, 0.25) is 0 Å². The van der Waals surface area contributed by atoms with Crippen molar-refractivity contribution in [3.63, 3.8) is 0 Å². The van der Waals surface area contributed by atoms with Crippen LogP contribution in [-0.2, 0) is 11.8 Å². The van der Waals surface area contributed by atoms with Crippen LogP contribution in [0.4, 0.5) is 4.39 Å². The van der Waals surface area contributed by atoms with Crippen LogP contribution in [0.3, 0.4) is 0 Å². The SMILES string of the molecule is COc1ccc2c3c1O[C@@H]1C(F)CCC4[C@H](C2)N(CC2CC2)CC[C@]341. The van der Waals surface area contributed by atoms with Gasteiger partial charge in [0, 0.05) is 23.6 Å². The zero-order chi connectivity index (χ0) is 16.8. The molecule has 2 aliphatic heterocycles. The van der Waals surface area contributed by atoms with Crippen molar-refractivity contribution in [3.8, 4) is 11.5 Å². The van der Waals surface area contributed by atoms with E-state index < -0.39 is 6.17 Å². The molecule has 3 nitrogen and oxygen atoms in total. The summed E-state index contributed by atoms with van der Waals surface area (Å²) in [6.45, 7) is 2.35. The Bertz CT molecular complexity index is 733. The summed E-state index contributed by atoms with van der Waals surface area (Å²) in [6.07, 6.45) is 5.43. The number of methoxy groups -OCH3 is 1. The molecule has 0 radical (unpaired) electrons. The first kappa shape index (κ1) is 14.8. The van der Waals surface area contributed by atoms with E-state index in [2.05, 4.69) is 11.0 Å². The Morgan fingerprint density at radius 3 is 2.96 bits per heavy atom. The molecule has 1 spiro atoms. The maximum absolute atomic E-state index is 15.0. The molecule has 1 aromatic carbocycles. The molecule has 5 aliphatic rings. The quantitative estimate of drug-likeness (QED) is 0.839. The second-order valence-corrected chi connectivity index (χ2v) is 8.87. The van der Waals surface area contributed by atoms with Crippen molar-refractivity contribution in [2.45, 2.75) is 62.3 Å². The van der Waals surface area contributed by atoms with E-state index in [1.165, 1.54) is 30.5 Å². The second kappa shape index (κ2) is 4.91. The fourth-order valence-electron chi connectivity index (χ4n) is 6.57. The van der Waals surface area contributed by atoms with Crippen molar-refractivity contribution < 1.29 is 13.9 Å². The Labute approximate surface area is 148 Å². The van der Waals surface area contributed by atoms with Gasteiger partial charge in [-0.15, -0.1) is 0 Å². The van der Waals surface area contributed by atoms with Gasteiger partial charge in [-0.25, -0.2) is 4.39 Å². The van der Waals surface area contributed by atoms with E-state index in [9.17, 15) is 4.39 Å². The standard InChI is InChI=1S/C21H26FNO2/c1-24-17-7-4-13-10-16-14-5-6-15(22)20-21(14,18(13)19(17)25-20)8-9-23(16)11-12-2-3-12/h4,7,12,14-16,20H,2-3,5-6,8-11H2,1H3/t14?,15?,16-,20+,21+/m0/s1. The molecule has 1 aromatic rings. The molecule has 2 saturated carbocycles. The van der Waals surface area contributed by atoms with Gasteiger partial charge in [-0.2, -0.15) is 0 Å². The topological polar surface area (TPSA) is 21.7 Å². The first-order chi connectivity index (χ1) is 12.2. The Kier molecular flexibility index (Phi) is 2.91. The maximum atomic E-state index is 15.0. The van der Waals surface area contributed by atoms with Crippen molar-refractivity contribution in [3.05, 3.63) is 23.3 Å². The molecule has 6 rings (SSSR count). The Morgan fingerprint density at radius 1 is 1.28 bits per heavy atom. The first-order valence-corrected chi connectivity index (χ1v) is 9.97. The van der Waals surface area contributed by atoms with E-state index in [1.807, 2.05) is 6.07 Å². The molecule has 2 unspecified atom stereocenters. The van der Waals surface area contributed by atoms with Gasteiger partial charge in [0.05, 0.1) is 7.11 Å². The number of nitrogens with zero attached hydrogens (tertiary/aromatic N) is 1. The van der Waals surface area contributed by atoms with Gasteiger partial charge in [0.25, 0.3) is 0 Å². The molecular weight excluding hydrogens is 317 g/mol. The number of halogens is 1. The molecule has 1 saturated heterocycles. The summed E-state index contributed by atoms with van der Waals surface area (Å²) in [7, 11) is 1.69. The molecule has 2 heterocycles. The minimum atomic E-state index is -0.852. The van der Waals surface area contributed by atoms with E-state index in [4.69, 9.17) is 9.47 Å². The second-order valence-electron chi connectivity index (χ2n) is 8.87. The fourth-order valence-corrected chi connectivity index (χ4v) is 6.57. The maximum Gasteiger partial charge on any atom is 0.165 e. The lowest BCUT2D eigenvalue weighted by atomic mass is 9.51. The minimum absolute atomic E-state index is 0.111. The highest BCUT2D eigenvalue weighted by molar-refractivity contribution is 5.61. The van der Waals surface area contributed by atoms with Gasteiger partial charge in [0.1, 0.15) is 12.3 Å². The normalized spacial score (nSPS) is 41.2. The van der Waals surface area contributed by atoms with Gasteiger partial charge < -0.3 is 9.47 Å². The lowest BCUT2D eigenvalue weighted by Crippen LogP contribution is -2.66. The molecular formula is C21H26FNO2. The van der Waals surface area contributed by atoms with E-state index >= 15 is 0 Å². The number of rotatable bonds is 3. The average molecular weight is 343 g/mol. The molecule has 2 bridgehead atoms. The highest BCUT2D eigenvalue weighted by Crippen LogP contribution is 2.64. The lowest BCUT2D eigenvalue weighted by Gasteiger charge is -2.58. The summed E-state index contributed by atoms with van der Waals surface area (Å²) >= 11 is 0. The van der Waals surface area contributed by atoms with Crippen LogP contribution in [-0.4, -0.2) is 43.4 Å². The zero-order valence-electron chi connectivity index (χ0n) is 14.8. The smallest absolute Gasteiger partial charge is 0.165 e. The van der Waals surface area contributed by atoms with Crippen molar-refractivity contribution in [2.75, 3.05) is 20.2 Å². The molecule has 25 heavy (non-hydrogen) atoms. The summed E-state index contributed by atoms with van der Waals surface area (Å²) in [4.78, 5) is 2.74. The van der Waals surface area contributed by atoms with Crippen LogP contribution in [0.15, 0.2) is 12.1 Å². The Hall–Kier alpha value is -1.29. The highest BCUT2D eigenvalue weighted by atomic mass is 19.1. The van der Waals surface area contributed by atoms with E-state index in [1.54, 1.807) is 7.11 Å². The van der Waals surface area contributed by atoms with Gasteiger partial charge in [-0.05, 0) is 68.5 Å². The van der Waals surface area contributed by atoms with Gasteiger partial charge in [-0.1, -0.05) is 6.07 Å². The number of likely N-dealkylation sites (tertiary alicyclic amines) is 1. The highest BCUT2D eigenvalue weighted by Gasteiger charge is 2.66. The van der Waals surface area contributed by atoms with E-state index in [0.29, 0.717) is 18.4 Å². The van der Waals surface area contributed by atoms with Gasteiger partial charge in [0.15, 0.2) is 11.5 Å². The predicted molar refractivity (Wildman–Crippen MR) is 93.1 cm³/mol. The van der Waals surface area contributed by atoms with Crippen LogP contribution in [0, 0.1) is 11.8 Å². The molecule has 5 atom stereocenters. The van der Waals surface area contributed by atoms with Crippen molar-refractivity contribution >= 4 is 0 Å². The Balaban J connectivity index is 1.52. The number of hydrogen-bond acceptors (Lipinski definition) is 3. The van der Waals surface area contributed by atoms with Crippen LogP contribution in [0.25, 0.3) is 0 Å². The third-order valence-electron chi connectivity index (χ3n) is 7.75. The van der Waals surface area contributed by atoms with Crippen LogP contribution >= 0.6 is 0 Å². The summed E-state index contributed by atoms with van der Waals surface area (Å²) in [5.74, 6) is 3.09. The average Bonchev–Trinajstić information content (AvgIpc) is 3.36. The van der Waals surface area contributed by atoms with Crippen LogP contribution in [0.5, 0.6) is 11.5 Å². The van der Waals surface area contributed by atoms with Crippen LogP contribution in [0.1, 0.15) is 43.2 Å². The fraction of sp³-hybridized carbons (Fsp3) is 0.714. The molecule has 0 amide bonds. The summed E-state index contributed by atoms with van der Waals surface area (Å²) < 4.78 is 26.9. The third kappa shape index (κ3) is 1.79. The van der Waals surface area contributed by atoms with E-state index in [-0.39, 0.29) is 11.5 Å². The third-order valence-corrected chi connectivity index (χ3v) is 7.75. The zero-order valence-corrected chi connectivity index (χ0v) is 14.8. The van der Waals surface area contributed by atoms with Gasteiger partial charge in [-0.3, -0.25) is 4.90 Å². The van der Waals surface area contributed by atoms with Crippen molar-refractivity contribution in [1.29, 1.82) is 0 Å². The summed E-state index contributed by atoms with van der Waals surface area (Å²) in [5.41, 5.74) is 2.58.